The van der Waals surface area contributed by atoms with Crippen LogP contribution in [0.1, 0.15) is 15.9 Å². The van der Waals surface area contributed by atoms with E-state index in [1.165, 1.54) is 6.08 Å². The van der Waals surface area contributed by atoms with Crippen LogP contribution in [0.4, 0.5) is 0 Å². The van der Waals surface area contributed by atoms with E-state index in [1.807, 2.05) is 0 Å². The number of ketones is 1. The van der Waals surface area contributed by atoms with E-state index in [0.717, 1.165) is 10.0 Å². The van der Waals surface area contributed by atoms with Gasteiger partial charge in [-0.3, -0.25) is 4.79 Å². The maximum absolute atomic E-state index is 12.4. The van der Waals surface area contributed by atoms with Gasteiger partial charge in [0.15, 0.2) is 28.8 Å². The molecule has 2 aromatic rings. The number of carbonyl (C=O) groups is 1. The Morgan fingerprint density at radius 3 is 2.54 bits per heavy atom. The molecule has 6 heteroatoms. The van der Waals surface area contributed by atoms with Crippen molar-refractivity contribution in [2.24, 2.45) is 0 Å². The van der Waals surface area contributed by atoms with Crippen molar-refractivity contribution in [2.45, 2.75) is 0 Å². The SMILES string of the molecule is COc1cc(Br)c(C=CC(=O)c2ccc3c(c2)OCO3)cc1OC. The van der Waals surface area contributed by atoms with Gasteiger partial charge >= 0.3 is 0 Å². The molecule has 0 radical (unpaired) electrons. The van der Waals surface area contributed by atoms with Crippen LogP contribution < -0.4 is 18.9 Å². The number of rotatable bonds is 5. The summed E-state index contributed by atoms with van der Waals surface area (Å²) >= 11 is 3.46. The lowest BCUT2D eigenvalue weighted by Crippen LogP contribution is -1.95. The number of methoxy groups -OCH3 is 2. The van der Waals surface area contributed by atoms with Crippen LogP contribution in [-0.4, -0.2) is 26.8 Å². The summed E-state index contributed by atoms with van der Waals surface area (Å²) in [6, 6.07) is 8.72. The minimum Gasteiger partial charge on any atom is -0.493 e. The van der Waals surface area contributed by atoms with E-state index >= 15 is 0 Å². The molecule has 5 nitrogen and oxygen atoms in total. The zero-order valence-electron chi connectivity index (χ0n) is 13.2. The minimum atomic E-state index is -0.130. The van der Waals surface area contributed by atoms with Crippen molar-refractivity contribution in [1.29, 1.82) is 0 Å². The first-order valence-electron chi connectivity index (χ1n) is 7.16. The normalized spacial score (nSPS) is 12.5. The summed E-state index contributed by atoms with van der Waals surface area (Å²) in [5.74, 6) is 2.31. The van der Waals surface area contributed by atoms with E-state index in [4.69, 9.17) is 18.9 Å². The highest BCUT2D eigenvalue weighted by Gasteiger charge is 2.15. The van der Waals surface area contributed by atoms with Crippen molar-refractivity contribution in [3.63, 3.8) is 0 Å². The Morgan fingerprint density at radius 2 is 1.79 bits per heavy atom. The van der Waals surface area contributed by atoms with E-state index in [1.54, 1.807) is 50.6 Å². The summed E-state index contributed by atoms with van der Waals surface area (Å²) in [6.45, 7) is 0.182. The molecule has 0 unspecified atom stereocenters. The molecule has 0 saturated heterocycles. The van der Waals surface area contributed by atoms with Crippen LogP contribution in [0.5, 0.6) is 23.0 Å². The van der Waals surface area contributed by atoms with Gasteiger partial charge < -0.3 is 18.9 Å². The van der Waals surface area contributed by atoms with E-state index < -0.39 is 0 Å². The Hall–Kier alpha value is -2.47. The summed E-state index contributed by atoms with van der Waals surface area (Å²) in [4.78, 5) is 12.4. The highest BCUT2D eigenvalue weighted by Crippen LogP contribution is 2.34. The highest BCUT2D eigenvalue weighted by molar-refractivity contribution is 9.10. The monoisotopic (exact) mass is 390 g/mol. The van der Waals surface area contributed by atoms with Gasteiger partial charge in [0.05, 0.1) is 14.2 Å². The van der Waals surface area contributed by atoms with Gasteiger partial charge in [0, 0.05) is 10.0 Å². The zero-order chi connectivity index (χ0) is 17.1. The maximum Gasteiger partial charge on any atom is 0.231 e. The van der Waals surface area contributed by atoms with Crippen LogP contribution in [0.25, 0.3) is 6.08 Å². The molecule has 0 N–H and O–H groups in total. The zero-order valence-corrected chi connectivity index (χ0v) is 14.8. The second kappa shape index (κ2) is 6.97. The molecule has 0 aliphatic carbocycles. The number of fused-ring (bicyclic) bond motifs is 1. The van der Waals surface area contributed by atoms with E-state index in [9.17, 15) is 4.79 Å². The average molecular weight is 391 g/mol. The van der Waals surface area contributed by atoms with Gasteiger partial charge in [0.25, 0.3) is 0 Å². The number of carbonyl (C=O) groups excluding carboxylic acids is 1. The standard InChI is InChI=1S/C18H15BrO5/c1-21-16-7-11(13(19)9-17(16)22-2)3-5-14(20)12-4-6-15-18(8-12)24-10-23-15/h3-9H,10H2,1-2H3. The Bertz CT molecular complexity index is 813. The molecule has 1 aliphatic heterocycles. The van der Waals surface area contributed by atoms with Crippen molar-refractivity contribution in [1.82, 2.24) is 0 Å². The molecule has 0 fully saturated rings. The largest absolute Gasteiger partial charge is 0.493 e. The topological polar surface area (TPSA) is 54.0 Å². The fourth-order valence-corrected chi connectivity index (χ4v) is 2.76. The van der Waals surface area contributed by atoms with E-state index in [0.29, 0.717) is 28.6 Å². The van der Waals surface area contributed by atoms with Crippen molar-refractivity contribution >= 4 is 27.8 Å². The molecule has 24 heavy (non-hydrogen) atoms. The minimum absolute atomic E-state index is 0.130. The average Bonchev–Trinajstić information content (AvgIpc) is 3.07. The van der Waals surface area contributed by atoms with Crippen LogP contribution in [0, 0.1) is 0 Å². The van der Waals surface area contributed by atoms with Crippen LogP contribution in [0.2, 0.25) is 0 Å². The second-order valence-electron chi connectivity index (χ2n) is 4.99. The third kappa shape index (κ3) is 3.23. The lowest BCUT2D eigenvalue weighted by molar-refractivity contribution is 0.104. The third-order valence-electron chi connectivity index (χ3n) is 3.57. The fourth-order valence-electron chi connectivity index (χ4n) is 2.31. The lowest BCUT2D eigenvalue weighted by atomic mass is 10.1. The Labute approximate surface area is 147 Å². The summed E-state index contributed by atoms with van der Waals surface area (Å²) < 4.78 is 21.8. The van der Waals surface area contributed by atoms with Gasteiger partial charge in [-0.15, -0.1) is 0 Å². The molecule has 0 aromatic heterocycles. The van der Waals surface area contributed by atoms with Gasteiger partial charge in [0.2, 0.25) is 6.79 Å². The molecule has 124 valence electrons. The Kier molecular flexibility index (Phi) is 4.76. The number of hydrogen-bond acceptors (Lipinski definition) is 5. The molecule has 0 amide bonds. The number of hydrogen-bond donors (Lipinski definition) is 0. The molecule has 2 aromatic carbocycles. The lowest BCUT2D eigenvalue weighted by Gasteiger charge is -2.09. The Balaban J connectivity index is 1.84. The summed E-state index contributed by atoms with van der Waals surface area (Å²) in [7, 11) is 3.14. The van der Waals surface area contributed by atoms with Crippen LogP contribution >= 0.6 is 15.9 Å². The predicted molar refractivity (Wildman–Crippen MR) is 93.2 cm³/mol. The van der Waals surface area contributed by atoms with Crippen molar-refractivity contribution in [3.05, 3.63) is 52.0 Å². The Morgan fingerprint density at radius 1 is 1.08 bits per heavy atom. The fraction of sp³-hybridized carbons (Fsp3) is 0.167. The summed E-state index contributed by atoms with van der Waals surface area (Å²) in [5.41, 5.74) is 1.34. The van der Waals surface area contributed by atoms with Crippen molar-refractivity contribution in [3.8, 4) is 23.0 Å². The number of allylic oxidation sites excluding steroid dienone is 1. The molecular weight excluding hydrogens is 376 g/mol. The van der Waals surface area contributed by atoms with Crippen LogP contribution in [0.15, 0.2) is 40.9 Å². The van der Waals surface area contributed by atoms with Gasteiger partial charge in [-0.25, -0.2) is 0 Å². The molecule has 3 rings (SSSR count). The van der Waals surface area contributed by atoms with Gasteiger partial charge in [-0.1, -0.05) is 15.9 Å². The second-order valence-corrected chi connectivity index (χ2v) is 5.85. The maximum atomic E-state index is 12.4. The predicted octanol–water partition coefficient (Wildman–Crippen LogP) is 4.09. The molecule has 1 aliphatic rings. The molecule has 0 saturated carbocycles. The van der Waals surface area contributed by atoms with Gasteiger partial charge in [0.1, 0.15) is 0 Å². The first-order chi connectivity index (χ1) is 11.6. The molecule has 0 atom stereocenters. The molecule has 1 heterocycles. The van der Waals surface area contributed by atoms with Crippen molar-refractivity contribution in [2.75, 3.05) is 21.0 Å². The van der Waals surface area contributed by atoms with E-state index in [2.05, 4.69) is 15.9 Å². The van der Waals surface area contributed by atoms with Crippen molar-refractivity contribution < 1.29 is 23.7 Å². The molecule has 0 spiro atoms. The highest BCUT2D eigenvalue weighted by atomic mass is 79.9. The molecular formula is C18H15BrO5. The van der Waals surface area contributed by atoms with E-state index in [-0.39, 0.29) is 12.6 Å². The van der Waals surface area contributed by atoms with Gasteiger partial charge in [-0.2, -0.15) is 0 Å². The smallest absolute Gasteiger partial charge is 0.231 e. The summed E-state index contributed by atoms with van der Waals surface area (Å²) in [5, 5.41) is 0. The quantitative estimate of drug-likeness (QED) is 0.568. The van der Waals surface area contributed by atoms with Gasteiger partial charge in [-0.05, 0) is 48.0 Å². The molecule has 0 bridgehead atoms. The summed E-state index contributed by atoms with van der Waals surface area (Å²) in [6.07, 6.45) is 3.22. The first-order valence-corrected chi connectivity index (χ1v) is 7.95. The number of ether oxygens (including phenoxy) is 4. The van der Waals surface area contributed by atoms with Crippen LogP contribution in [-0.2, 0) is 0 Å². The van der Waals surface area contributed by atoms with Crippen LogP contribution in [0.3, 0.4) is 0 Å². The number of halogens is 1. The third-order valence-corrected chi connectivity index (χ3v) is 4.26. The number of benzene rings is 2. The first kappa shape index (κ1) is 16.4.